The number of nitrogens with one attached hydrogen (secondary N) is 2. The quantitative estimate of drug-likeness (QED) is 0.733. The van der Waals surface area contributed by atoms with Crippen molar-refractivity contribution in [3.8, 4) is 5.75 Å². The molecule has 0 aliphatic heterocycles. The fourth-order valence-corrected chi connectivity index (χ4v) is 2.01. The smallest absolute Gasteiger partial charge is 0.255 e. The molecule has 1 aromatic carbocycles. The Labute approximate surface area is 135 Å². The molecule has 6 nitrogen and oxygen atoms in total. The van der Waals surface area contributed by atoms with Gasteiger partial charge in [-0.15, -0.1) is 0 Å². The van der Waals surface area contributed by atoms with Crippen LogP contribution >= 0.6 is 0 Å². The number of hydrogen-bond acceptors (Lipinski definition) is 5. The molecule has 0 aliphatic carbocycles. The maximum atomic E-state index is 12.3. The molecule has 1 heterocycles. The van der Waals surface area contributed by atoms with E-state index < -0.39 is 0 Å². The van der Waals surface area contributed by atoms with Crippen molar-refractivity contribution in [1.82, 2.24) is 4.98 Å². The van der Waals surface area contributed by atoms with Crippen LogP contribution in [0.25, 0.3) is 0 Å². The number of rotatable bonds is 8. The summed E-state index contributed by atoms with van der Waals surface area (Å²) in [5.41, 5.74) is 1.22. The molecule has 1 aromatic heterocycles. The van der Waals surface area contributed by atoms with Crippen LogP contribution in [0.4, 0.5) is 11.5 Å². The summed E-state index contributed by atoms with van der Waals surface area (Å²) in [5, 5.41) is 6.01. The number of carbonyl (C=O) groups is 1. The number of hydrogen-bond donors (Lipinski definition) is 2. The van der Waals surface area contributed by atoms with Crippen LogP contribution in [0, 0.1) is 0 Å². The van der Waals surface area contributed by atoms with Crippen LogP contribution < -0.4 is 15.4 Å². The number of amides is 1. The number of pyridine rings is 1. The SMILES string of the molecule is COCCCNc1cc(C(=O)Nc2cccc(OC)c2)ccn1. The first-order valence-corrected chi connectivity index (χ1v) is 7.37. The summed E-state index contributed by atoms with van der Waals surface area (Å²) >= 11 is 0. The first-order chi connectivity index (χ1) is 11.2. The molecule has 0 atom stereocenters. The van der Waals surface area contributed by atoms with Crippen LogP contribution in [0.3, 0.4) is 0 Å². The summed E-state index contributed by atoms with van der Waals surface area (Å²) in [6.45, 7) is 1.42. The first kappa shape index (κ1) is 16.8. The third kappa shape index (κ3) is 5.27. The van der Waals surface area contributed by atoms with E-state index in [2.05, 4.69) is 15.6 Å². The summed E-state index contributed by atoms with van der Waals surface area (Å²) in [7, 11) is 3.26. The van der Waals surface area contributed by atoms with Crippen molar-refractivity contribution in [2.75, 3.05) is 38.0 Å². The van der Waals surface area contributed by atoms with E-state index in [4.69, 9.17) is 9.47 Å². The first-order valence-electron chi connectivity index (χ1n) is 7.37. The highest BCUT2D eigenvalue weighted by atomic mass is 16.5. The van der Waals surface area contributed by atoms with Crippen LogP contribution in [0.5, 0.6) is 5.75 Å². The van der Waals surface area contributed by atoms with E-state index in [9.17, 15) is 4.79 Å². The molecule has 1 amide bonds. The lowest BCUT2D eigenvalue weighted by atomic mass is 10.2. The number of benzene rings is 1. The molecule has 0 aliphatic rings. The average Bonchev–Trinajstić information content (AvgIpc) is 2.59. The molecule has 6 heteroatoms. The van der Waals surface area contributed by atoms with Gasteiger partial charge in [0.05, 0.1) is 7.11 Å². The molecule has 2 rings (SSSR count). The summed E-state index contributed by atoms with van der Waals surface area (Å²) in [6.07, 6.45) is 2.48. The van der Waals surface area contributed by atoms with Gasteiger partial charge >= 0.3 is 0 Å². The molecule has 0 radical (unpaired) electrons. The Kier molecular flexibility index (Phi) is 6.38. The summed E-state index contributed by atoms with van der Waals surface area (Å²) in [5.74, 6) is 1.16. The van der Waals surface area contributed by atoms with E-state index in [-0.39, 0.29) is 5.91 Å². The van der Waals surface area contributed by atoms with Gasteiger partial charge in [-0.25, -0.2) is 4.98 Å². The highest BCUT2D eigenvalue weighted by molar-refractivity contribution is 6.04. The lowest BCUT2D eigenvalue weighted by molar-refractivity contribution is 0.102. The van der Waals surface area contributed by atoms with E-state index >= 15 is 0 Å². The van der Waals surface area contributed by atoms with Gasteiger partial charge < -0.3 is 20.1 Å². The Morgan fingerprint density at radius 2 is 2.09 bits per heavy atom. The zero-order chi connectivity index (χ0) is 16.5. The van der Waals surface area contributed by atoms with Gasteiger partial charge in [-0.05, 0) is 30.7 Å². The zero-order valence-corrected chi connectivity index (χ0v) is 13.3. The second-order valence-electron chi connectivity index (χ2n) is 4.89. The van der Waals surface area contributed by atoms with Gasteiger partial charge in [-0.3, -0.25) is 4.79 Å². The minimum absolute atomic E-state index is 0.194. The summed E-state index contributed by atoms with van der Waals surface area (Å²) in [6, 6.07) is 10.6. The lowest BCUT2D eigenvalue weighted by Crippen LogP contribution is -2.13. The molecule has 0 spiro atoms. The van der Waals surface area contributed by atoms with Gasteiger partial charge in [0.15, 0.2) is 0 Å². The van der Waals surface area contributed by atoms with Gasteiger partial charge in [0.25, 0.3) is 5.91 Å². The Morgan fingerprint density at radius 3 is 2.87 bits per heavy atom. The maximum absolute atomic E-state index is 12.3. The van der Waals surface area contributed by atoms with Crippen LogP contribution in [-0.2, 0) is 4.74 Å². The highest BCUT2D eigenvalue weighted by Gasteiger charge is 2.08. The zero-order valence-electron chi connectivity index (χ0n) is 13.3. The predicted octanol–water partition coefficient (Wildman–Crippen LogP) is 2.79. The number of carbonyl (C=O) groups excluding carboxylic acids is 1. The largest absolute Gasteiger partial charge is 0.497 e. The van der Waals surface area contributed by atoms with Crippen molar-refractivity contribution in [3.05, 3.63) is 48.2 Å². The Morgan fingerprint density at radius 1 is 1.22 bits per heavy atom. The number of methoxy groups -OCH3 is 2. The lowest BCUT2D eigenvalue weighted by Gasteiger charge is -2.09. The standard InChI is InChI=1S/C17H21N3O3/c1-22-10-4-8-18-16-11-13(7-9-19-16)17(21)20-14-5-3-6-15(12-14)23-2/h3,5-7,9,11-12H,4,8,10H2,1-2H3,(H,18,19)(H,20,21). The van der Waals surface area contributed by atoms with Crippen molar-refractivity contribution >= 4 is 17.4 Å². The van der Waals surface area contributed by atoms with Crippen molar-refractivity contribution in [2.45, 2.75) is 6.42 Å². The van der Waals surface area contributed by atoms with Crippen molar-refractivity contribution in [2.24, 2.45) is 0 Å². The van der Waals surface area contributed by atoms with E-state index in [1.54, 1.807) is 38.6 Å². The van der Waals surface area contributed by atoms with Crippen molar-refractivity contribution in [3.63, 3.8) is 0 Å². The molecule has 2 N–H and O–H groups in total. The molecular weight excluding hydrogens is 294 g/mol. The molecule has 0 unspecified atom stereocenters. The average molecular weight is 315 g/mol. The van der Waals surface area contributed by atoms with Gasteiger partial charge in [0.2, 0.25) is 0 Å². The van der Waals surface area contributed by atoms with Crippen molar-refractivity contribution in [1.29, 1.82) is 0 Å². The number of ether oxygens (including phenoxy) is 2. The van der Waals surface area contributed by atoms with E-state index in [1.807, 2.05) is 18.2 Å². The maximum Gasteiger partial charge on any atom is 0.255 e. The highest BCUT2D eigenvalue weighted by Crippen LogP contribution is 2.18. The summed E-state index contributed by atoms with van der Waals surface area (Å²) < 4.78 is 10.1. The topological polar surface area (TPSA) is 72.5 Å². The minimum Gasteiger partial charge on any atom is -0.497 e. The molecule has 23 heavy (non-hydrogen) atoms. The molecule has 0 fully saturated rings. The number of aromatic nitrogens is 1. The molecule has 0 bridgehead atoms. The van der Waals surface area contributed by atoms with Gasteiger partial charge in [0, 0.05) is 43.8 Å². The van der Waals surface area contributed by atoms with E-state index in [1.165, 1.54) is 0 Å². The van der Waals surface area contributed by atoms with Crippen LogP contribution in [-0.4, -0.2) is 38.3 Å². The van der Waals surface area contributed by atoms with Crippen molar-refractivity contribution < 1.29 is 14.3 Å². The normalized spacial score (nSPS) is 10.2. The number of nitrogens with zero attached hydrogens (tertiary/aromatic N) is 1. The second-order valence-corrected chi connectivity index (χ2v) is 4.89. The van der Waals surface area contributed by atoms with Crippen LogP contribution in [0.2, 0.25) is 0 Å². The fourth-order valence-electron chi connectivity index (χ4n) is 2.01. The monoisotopic (exact) mass is 315 g/mol. The van der Waals surface area contributed by atoms with Gasteiger partial charge in [-0.1, -0.05) is 6.07 Å². The summed E-state index contributed by atoms with van der Waals surface area (Å²) in [4.78, 5) is 16.5. The molecule has 0 saturated heterocycles. The van der Waals surface area contributed by atoms with Crippen LogP contribution in [0.15, 0.2) is 42.6 Å². The second kappa shape index (κ2) is 8.75. The Balaban J connectivity index is 1.98. The fraction of sp³-hybridized carbons (Fsp3) is 0.294. The molecule has 0 saturated carbocycles. The van der Waals surface area contributed by atoms with Crippen LogP contribution in [0.1, 0.15) is 16.8 Å². The third-order valence-electron chi connectivity index (χ3n) is 3.18. The molecule has 122 valence electrons. The Hall–Kier alpha value is -2.60. The Bertz CT molecular complexity index is 646. The predicted molar refractivity (Wildman–Crippen MR) is 90.2 cm³/mol. The molecular formula is C17H21N3O3. The van der Waals surface area contributed by atoms with Gasteiger partial charge in [-0.2, -0.15) is 0 Å². The van der Waals surface area contributed by atoms with E-state index in [0.717, 1.165) is 13.0 Å². The third-order valence-corrected chi connectivity index (χ3v) is 3.18. The van der Waals surface area contributed by atoms with E-state index in [0.29, 0.717) is 29.4 Å². The molecule has 2 aromatic rings. The van der Waals surface area contributed by atoms with Gasteiger partial charge in [0.1, 0.15) is 11.6 Å². The minimum atomic E-state index is -0.194. The number of anilines is 2.